The molecule has 0 bridgehead atoms. The number of carbonyl (C=O) groups excluding carboxylic acids is 3. The van der Waals surface area contributed by atoms with E-state index in [-0.39, 0.29) is 0 Å². The minimum atomic E-state index is -1.25. The molecule has 1 aromatic carbocycles. The Morgan fingerprint density at radius 1 is 1.12 bits per heavy atom. The Morgan fingerprint density at radius 2 is 1.85 bits per heavy atom. The zero-order valence-electron chi connectivity index (χ0n) is 18.1. The van der Waals surface area contributed by atoms with Crippen molar-refractivity contribution in [2.75, 3.05) is 6.54 Å². The maximum atomic E-state index is 13.3. The first-order valence-corrected chi connectivity index (χ1v) is 10.5. The van der Waals surface area contributed by atoms with Gasteiger partial charge >= 0.3 is 6.03 Å². The number of rotatable bonds is 5. The van der Waals surface area contributed by atoms with Crippen LogP contribution >= 0.6 is 0 Å². The third-order valence-corrected chi connectivity index (χ3v) is 6.04. The second kappa shape index (κ2) is 7.77. The molecule has 9 heteroatoms. The number of imide groups is 1. The maximum Gasteiger partial charge on any atom is 0.325 e. The summed E-state index contributed by atoms with van der Waals surface area (Å²) in [7, 11) is 0. The molecule has 0 spiro atoms. The summed E-state index contributed by atoms with van der Waals surface area (Å²) in [5.74, 6) is 0.0995. The molecule has 2 aromatic heterocycles. The Labute approximate surface area is 189 Å². The van der Waals surface area contributed by atoms with E-state index >= 15 is 0 Å². The van der Waals surface area contributed by atoms with Gasteiger partial charge in [-0.2, -0.15) is 5.10 Å². The third-order valence-electron chi connectivity index (χ3n) is 6.04. The average Bonchev–Trinajstić information content (AvgIpc) is 3.58. The van der Waals surface area contributed by atoms with Gasteiger partial charge in [-0.15, -0.1) is 0 Å². The first-order chi connectivity index (χ1) is 15.9. The normalized spacial score (nSPS) is 22.6. The molecule has 4 heterocycles. The number of furan rings is 2. The van der Waals surface area contributed by atoms with Crippen molar-refractivity contribution in [3.05, 3.63) is 83.7 Å². The van der Waals surface area contributed by atoms with Gasteiger partial charge in [-0.25, -0.2) is 9.80 Å². The second-order valence-corrected chi connectivity index (χ2v) is 8.31. The van der Waals surface area contributed by atoms with E-state index in [2.05, 4.69) is 10.4 Å². The van der Waals surface area contributed by atoms with E-state index in [0.29, 0.717) is 29.2 Å². The molecule has 1 saturated heterocycles. The van der Waals surface area contributed by atoms with Crippen molar-refractivity contribution in [2.45, 2.75) is 31.8 Å². The second-order valence-electron chi connectivity index (χ2n) is 8.31. The number of hydrazone groups is 1. The molecule has 9 nitrogen and oxygen atoms in total. The van der Waals surface area contributed by atoms with Crippen LogP contribution in [0.25, 0.3) is 0 Å². The number of hydrogen-bond acceptors (Lipinski definition) is 6. The van der Waals surface area contributed by atoms with Gasteiger partial charge < -0.3 is 14.2 Å². The first-order valence-electron chi connectivity index (χ1n) is 10.5. The summed E-state index contributed by atoms with van der Waals surface area (Å²) in [5, 5.41) is 8.43. The highest BCUT2D eigenvalue weighted by molar-refractivity contribution is 6.09. The van der Waals surface area contributed by atoms with Gasteiger partial charge in [0.25, 0.3) is 11.8 Å². The van der Waals surface area contributed by atoms with Crippen molar-refractivity contribution in [2.24, 2.45) is 5.10 Å². The van der Waals surface area contributed by atoms with Crippen molar-refractivity contribution in [3.8, 4) is 0 Å². The number of aryl methyl sites for hydroxylation is 1. The molecule has 33 heavy (non-hydrogen) atoms. The predicted octanol–water partition coefficient (Wildman–Crippen LogP) is 3.33. The van der Waals surface area contributed by atoms with E-state index in [4.69, 9.17) is 8.83 Å². The maximum absolute atomic E-state index is 13.3. The highest BCUT2D eigenvalue weighted by Gasteiger charge is 2.50. The van der Waals surface area contributed by atoms with Crippen molar-refractivity contribution < 1.29 is 23.2 Å². The van der Waals surface area contributed by atoms with Gasteiger partial charge in [0, 0.05) is 6.42 Å². The third kappa shape index (κ3) is 3.51. The molecule has 2 atom stereocenters. The number of hydrogen-bond donors (Lipinski definition) is 1. The Bertz CT molecular complexity index is 1230. The summed E-state index contributed by atoms with van der Waals surface area (Å²) < 4.78 is 11.0. The van der Waals surface area contributed by atoms with E-state index in [1.165, 1.54) is 17.5 Å². The fourth-order valence-electron chi connectivity index (χ4n) is 4.17. The van der Waals surface area contributed by atoms with Crippen LogP contribution in [-0.2, 0) is 15.1 Å². The van der Waals surface area contributed by atoms with Crippen LogP contribution in [0.5, 0.6) is 0 Å². The Kier molecular flexibility index (Phi) is 4.88. The zero-order valence-corrected chi connectivity index (χ0v) is 18.1. The zero-order chi connectivity index (χ0) is 23.2. The number of nitrogens with zero attached hydrogens (tertiary/aromatic N) is 3. The number of nitrogens with one attached hydrogen (secondary N) is 1. The molecular weight excluding hydrogens is 424 g/mol. The lowest BCUT2D eigenvalue weighted by Gasteiger charge is -2.24. The van der Waals surface area contributed by atoms with Crippen molar-refractivity contribution >= 4 is 23.6 Å². The summed E-state index contributed by atoms with van der Waals surface area (Å²) in [4.78, 5) is 40.2. The molecular formula is C24H22N4O5. The lowest BCUT2D eigenvalue weighted by atomic mass is 9.91. The minimum Gasteiger partial charge on any atom is -0.467 e. The lowest BCUT2D eigenvalue weighted by molar-refractivity contribution is -0.140. The molecule has 1 fully saturated rings. The topological polar surface area (TPSA) is 108 Å². The van der Waals surface area contributed by atoms with Crippen LogP contribution in [0.1, 0.15) is 42.0 Å². The highest BCUT2D eigenvalue weighted by Crippen LogP contribution is 2.34. The number of carbonyl (C=O) groups is 3. The molecule has 5 rings (SSSR count). The van der Waals surface area contributed by atoms with E-state index in [1.54, 1.807) is 43.3 Å². The van der Waals surface area contributed by atoms with Gasteiger partial charge in [-0.05, 0) is 43.7 Å². The Balaban J connectivity index is 1.40. The summed E-state index contributed by atoms with van der Waals surface area (Å²) in [6.45, 7) is 3.13. The SMILES string of the molecule is Cc1ccc(C2(C)NC(=O)N(CC(=O)N3N=C(c4ccco4)CC3c3ccco3)C2=O)cc1. The van der Waals surface area contributed by atoms with Crippen LogP contribution in [-0.4, -0.2) is 40.0 Å². The molecule has 0 aliphatic carbocycles. The van der Waals surface area contributed by atoms with E-state index in [1.807, 2.05) is 19.1 Å². The summed E-state index contributed by atoms with van der Waals surface area (Å²) in [6.07, 6.45) is 3.44. The molecule has 168 valence electrons. The van der Waals surface area contributed by atoms with Crippen LogP contribution < -0.4 is 5.32 Å². The molecule has 4 amide bonds. The van der Waals surface area contributed by atoms with Crippen molar-refractivity contribution in [1.82, 2.24) is 15.2 Å². The summed E-state index contributed by atoms with van der Waals surface area (Å²) in [5.41, 5.74) is 1.01. The fourth-order valence-corrected chi connectivity index (χ4v) is 4.17. The van der Waals surface area contributed by atoms with Crippen LogP contribution in [0, 0.1) is 6.92 Å². The summed E-state index contributed by atoms with van der Waals surface area (Å²) in [6, 6.07) is 13.2. The highest BCUT2D eigenvalue weighted by atomic mass is 16.3. The quantitative estimate of drug-likeness (QED) is 0.605. The number of urea groups is 1. The Morgan fingerprint density at radius 3 is 2.52 bits per heavy atom. The summed E-state index contributed by atoms with van der Waals surface area (Å²) >= 11 is 0. The average molecular weight is 446 g/mol. The van der Waals surface area contributed by atoms with Gasteiger partial charge in [0.1, 0.15) is 35.4 Å². The minimum absolute atomic E-state index is 0.383. The molecule has 2 unspecified atom stereocenters. The largest absolute Gasteiger partial charge is 0.467 e. The standard InChI is InChI=1S/C24H22N4O5/c1-15-7-9-16(10-8-15)24(2)22(30)27(23(31)25-24)14-21(29)28-18(20-6-4-12-33-20)13-17(26-28)19-5-3-11-32-19/h3-12,18H,13-14H2,1-2H3,(H,25,31). The molecule has 3 aromatic rings. The van der Waals surface area contributed by atoms with Crippen molar-refractivity contribution in [1.29, 1.82) is 0 Å². The van der Waals surface area contributed by atoms with E-state index in [0.717, 1.165) is 10.5 Å². The van der Waals surface area contributed by atoms with Gasteiger partial charge in [0.15, 0.2) is 0 Å². The molecule has 0 saturated carbocycles. The van der Waals surface area contributed by atoms with Crippen LogP contribution in [0.4, 0.5) is 4.79 Å². The monoisotopic (exact) mass is 446 g/mol. The number of benzene rings is 1. The lowest BCUT2D eigenvalue weighted by Crippen LogP contribution is -2.43. The van der Waals surface area contributed by atoms with Crippen LogP contribution in [0.3, 0.4) is 0 Å². The number of amides is 4. The van der Waals surface area contributed by atoms with E-state index in [9.17, 15) is 14.4 Å². The molecule has 2 aliphatic rings. The first kappa shape index (κ1) is 20.7. The fraction of sp³-hybridized carbons (Fsp3) is 0.250. The van der Waals surface area contributed by atoms with Gasteiger partial charge in [0.2, 0.25) is 0 Å². The van der Waals surface area contributed by atoms with Crippen LogP contribution in [0.15, 0.2) is 75.0 Å². The molecule has 0 radical (unpaired) electrons. The molecule has 1 N–H and O–H groups in total. The smallest absolute Gasteiger partial charge is 0.325 e. The van der Waals surface area contributed by atoms with Gasteiger partial charge in [-0.3, -0.25) is 14.5 Å². The van der Waals surface area contributed by atoms with Crippen LogP contribution in [0.2, 0.25) is 0 Å². The molecule has 2 aliphatic heterocycles. The Hall–Kier alpha value is -4.14. The van der Waals surface area contributed by atoms with Crippen molar-refractivity contribution in [3.63, 3.8) is 0 Å². The predicted molar refractivity (Wildman–Crippen MR) is 117 cm³/mol. The van der Waals surface area contributed by atoms with Gasteiger partial charge in [-0.1, -0.05) is 29.8 Å². The van der Waals surface area contributed by atoms with Gasteiger partial charge in [0.05, 0.1) is 12.5 Å². The van der Waals surface area contributed by atoms with E-state index < -0.39 is 36.0 Å².